The van der Waals surface area contributed by atoms with Crippen molar-refractivity contribution in [2.75, 3.05) is 20.1 Å². The summed E-state index contributed by atoms with van der Waals surface area (Å²) >= 11 is 0. The number of halogens is 2. The Bertz CT molecular complexity index is 706. The fraction of sp³-hybridized carbons (Fsp3) is 0.556. The lowest BCUT2D eigenvalue weighted by molar-refractivity contribution is 0.199. The highest BCUT2D eigenvalue weighted by Gasteiger charge is 2.22. The van der Waals surface area contributed by atoms with Gasteiger partial charge in [0.2, 0.25) is 5.89 Å². The van der Waals surface area contributed by atoms with E-state index in [1.807, 2.05) is 0 Å². The maximum Gasteiger partial charge on any atom is 0.223 e. The Morgan fingerprint density at radius 3 is 2.84 bits per heavy atom. The quantitative estimate of drug-likeness (QED) is 0.829. The molecule has 7 heteroatoms. The molecule has 25 heavy (non-hydrogen) atoms. The molecule has 1 aromatic carbocycles. The fourth-order valence-electron chi connectivity index (χ4n) is 3.39. The average molecular weight is 350 g/mol. The molecule has 0 amide bonds. The van der Waals surface area contributed by atoms with Crippen molar-refractivity contribution in [3.63, 3.8) is 0 Å². The number of likely N-dealkylation sites (tertiary alicyclic amines) is 1. The molecule has 0 bridgehead atoms. The van der Waals surface area contributed by atoms with Gasteiger partial charge in [0, 0.05) is 31.1 Å². The lowest BCUT2D eigenvalue weighted by Crippen LogP contribution is -2.33. The third kappa shape index (κ3) is 4.83. The van der Waals surface area contributed by atoms with Gasteiger partial charge in [-0.2, -0.15) is 4.98 Å². The van der Waals surface area contributed by atoms with Gasteiger partial charge >= 0.3 is 0 Å². The van der Waals surface area contributed by atoms with Crippen LogP contribution in [0.4, 0.5) is 8.78 Å². The summed E-state index contributed by atoms with van der Waals surface area (Å²) < 4.78 is 31.9. The molecule has 136 valence electrons. The molecule has 0 aliphatic carbocycles. The molecule has 2 aromatic rings. The molecule has 5 nitrogen and oxygen atoms in total. The molecule has 1 fully saturated rings. The third-order valence-electron chi connectivity index (χ3n) is 4.78. The second kappa shape index (κ2) is 8.01. The van der Waals surface area contributed by atoms with E-state index in [-0.39, 0.29) is 0 Å². The van der Waals surface area contributed by atoms with Gasteiger partial charge in [0.05, 0.1) is 6.54 Å². The lowest BCUT2D eigenvalue weighted by atomic mass is 10.1. The van der Waals surface area contributed by atoms with E-state index in [0.717, 1.165) is 38.4 Å². The van der Waals surface area contributed by atoms with Gasteiger partial charge < -0.3 is 4.52 Å². The number of benzene rings is 1. The predicted octanol–water partition coefficient (Wildman–Crippen LogP) is 3.14. The van der Waals surface area contributed by atoms with Gasteiger partial charge in [0.25, 0.3) is 0 Å². The number of aryl methyl sites for hydroxylation is 1. The highest BCUT2D eigenvalue weighted by molar-refractivity contribution is 5.18. The molecule has 0 saturated carbocycles. The predicted molar refractivity (Wildman–Crippen MR) is 89.8 cm³/mol. The van der Waals surface area contributed by atoms with Crippen LogP contribution in [-0.2, 0) is 13.1 Å². The first-order valence-electron chi connectivity index (χ1n) is 8.67. The lowest BCUT2D eigenvalue weighted by Gasteiger charge is -2.26. The number of hydrogen-bond acceptors (Lipinski definition) is 5. The van der Waals surface area contributed by atoms with E-state index in [4.69, 9.17) is 4.52 Å². The molecule has 1 atom stereocenters. The first kappa shape index (κ1) is 17.9. The molecule has 3 rings (SSSR count). The highest BCUT2D eigenvalue weighted by atomic mass is 19.1. The second-order valence-electron chi connectivity index (χ2n) is 6.74. The molecule has 1 saturated heterocycles. The van der Waals surface area contributed by atoms with Crippen molar-refractivity contribution in [3.8, 4) is 0 Å². The van der Waals surface area contributed by atoms with Crippen molar-refractivity contribution in [1.82, 2.24) is 19.9 Å². The average Bonchev–Trinajstić information content (AvgIpc) is 2.83. The van der Waals surface area contributed by atoms with Crippen LogP contribution in [0.2, 0.25) is 0 Å². The molecule has 1 aliphatic rings. The Morgan fingerprint density at radius 1 is 1.28 bits per heavy atom. The Hall–Kier alpha value is -1.86. The maximum absolute atomic E-state index is 13.9. The SMILES string of the molecule is Cc1nc(CN(C)[C@H]2CCCN(Cc3ccc(F)cc3F)CC2)no1. The topological polar surface area (TPSA) is 45.4 Å². The van der Waals surface area contributed by atoms with Crippen LogP contribution in [0.5, 0.6) is 0 Å². The van der Waals surface area contributed by atoms with Crippen molar-refractivity contribution in [2.24, 2.45) is 0 Å². The van der Waals surface area contributed by atoms with Gasteiger partial charge in [-0.1, -0.05) is 11.2 Å². The Kier molecular flexibility index (Phi) is 5.75. The zero-order valence-electron chi connectivity index (χ0n) is 14.7. The summed E-state index contributed by atoms with van der Waals surface area (Å²) in [6.45, 7) is 4.77. The molecule has 1 aliphatic heterocycles. The van der Waals surface area contributed by atoms with Gasteiger partial charge in [-0.3, -0.25) is 9.80 Å². The summed E-state index contributed by atoms with van der Waals surface area (Å²) in [5.41, 5.74) is 0.551. The minimum atomic E-state index is -0.532. The summed E-state index contributed by atoms with van der Waals surface area (Å²) in [5.74, 6) is 0.284. The summed E-state index contributed by atoms with van der Waals surface area (Å²) in [6, 6.07) is 4.25. The molecule has 0 unspecified atom stereocenters. The van der Waals surface area contributed by atoms with Gasteiger partial charge in [-0.25, -0.2) is 8.78 Å². The minimum absolute atomic E-state index is 0.432. The van der Waals surface area contributed by atoms with E-state index < -0.39 is 11.6 Å². The zero-order chi connectivity index (χ0) is 17.8. The standard InChI is InChI=1S/C18H24F2N4O/c1-13-21-18(22-25-13)12-23(2)16-4-3-8-24(9-7-16)11-14-5-6-15(19)10-17(14)20/h5-6,10,16H,3-4,7-9,11-12H2,1-2H3/t16-/m0/s1. The molecular weight excluding hydrogens is 326 g/mol. The van der Waals surface area contributed by atoms with E-state index >= 15 is 0 Å². The van der Waals surface area contributed by atoms with Crippen molar-refractivity contribution < 1.29 is 13.3 Å². The van der Waals surface area contributed by atoms with Crippen molar-refractivity contribution in [2.45, 2.75) is 45.3 Å². The van der Waals surface area contributed by atoms with Crippen LogP contribution in [0, 0.1) is 18.6 Å². The van der Waals surface area contributed by atoms with E-state index in [1.54, 1.807) is 6.92 Å². The first-order chi connectivity index (χ1) is 12.0. The number of nitrogens with zero attached hydrogens (tertiary/aromatic N) is 4. The second-order valence-corrected chi connectivity index (χ2v) is 6.74. The van der Waals surface area contributed by atoms with Crippen LogP contribution >= 0.6 is 0 Å². The maximum atomic E-state index is 13.9. The highest BCUT2D eigenvalue weighted by Crippen LogP contribution is 2.20. The van der Waals surface area contributed by atoms with Gasteiger partial charge in [0.15, 0.2) is 5.82 Å². The van der Waals surface area contributed by atoms with E-state index in [2.05, 4.69) is 27.0 Å². The number of hydrogen-bond donors (Lipinski definition) is 0. The molecule has 0 N–H and O–H groups in total. The normalized spacial score (nSPS) is 19.3. The van der Waals surface area contributed by atoms with E-state index in [0.29, 0.717) is 36.4 Å². The summed E-state index contributed by atoms with van der Waals surface area (Å²) in [5, 5.41) is 3.95. The Balaban J connectivity index is 1.54. The van der Waals surface area contributed by atoms with Crippen molar-refractivity contribution >= 4 is 0 Å². The van der Waals surface area contributed by atoms with Gasteiger partial charge in [-0.05, 0) is 45.5 Å². The summed E-state index contributed by atoms with van der Waals surface area (Å²) in [4.78, 5) is 8.75. The van der Waals surface area contributed by atoms with Crippen LogP contribution < -0.4 is 0 Å². The molecular formula is C18H24F2N4O. The number of rotatable bonds is 5. The summed E-state index contributed by atoms with van der Waals surface area (Å²) in [6.07, 6.45) is 3.12. The van der Waals surface area contributed by atoms with E-state index in [9.17, 15) is 8.78 Å². The van der Waals surface area contributed by atoms with Crippen LogP contribution in [0.25, 0.3) is 0 Å². The third-order valence-corrected chi connectivity index (χ3v) is 4.78. The van der Waals surface area contributed by atoms with Gasteiger partial charge in [0.1, 0.15) is 11.6 Å². The molecule has 0 radical (unpaired) electrons. The summed E-state index contributed by atoms with van der Waals surface area (Å²) in [7, 11) is 2.08. The van der Waals surface area contributed by atoms with Crippen LogP contribution in [-0.4, -0.2) is 46.1 Å². The van der Waals surface area contributed by atoms with Crippen molar-refractivity contribution in [3.05, 3.63) is 47.1 Å². The molecule has 0 spiro atoms. The van der Waals surface area contributed by atoms with E-state index in [1.165, 1.54) is 12.1 Å². The largest absolute Gasteiger partial charge is 0.340 e. The first-order valence-corrected chi connectivity index (χ1v) is 8.67. The van der Waals surface area contributed by atoms with Crippen LogP contribution in [0.15, 0.2) is 22.7 Å². The van der Waals surface area contributed by atoms with Crippen LogP contribution in [0.3, 0.4) is 0 Å². The molecule has 1 aromatic heterocycles. The Morgan fingerprint density at radius 2 is 2.12 bits per heavy atom. The fourth-order valence-corrected chi connectivity index (χ4v) is 3.39. The monoisotopic (exact) mass is 350 g/mol. The Labute approximate surface area is 146 Å². The van der Waals surface area contributed by atoms with Crippen molar-refractivity contribution in [1.29, 1.82) is 0 Å². The van der Waals surface area contributed by atoms with Crippen LogP contribution in [0.1, 0.15) is 36.5 Å². The molecule has 2 heterocycles. The number of aromatic nitrogens is 2. The minimum Gasteiger partial charge on any atom is -0.340 e. The smallest absolute Gasteiger partial charge is 0.223 e. The zero-order valence-corrected chi connectivity index (χ0v) is 14.7. The van der Waals surface area contributed by atoms with Gasteiger partial charge in [-0.15, -0.1) is 0 Å².